The van der Waals surface area contributed by atoms with Gasteiger partial charge in [0.25, 0.3) is 0 Å². The van der Waals surface area contributed by atoms with Crippen LogP contribution in [0.5, 0.6) is 11.5 Å². The predicted molar refractivity (Wildman–Crippen MR) is 118 cm³/mol. The van der Waals surface area contributed by atoms with Gasteiger partial charge in [-0.15, -0.1) is 0 Å². The first-order valence-corrected chi connectivity index (χ1v) is 10.4. The Balaban J connectivity index is 1.58. The average molecular weight is 458 g/mol. The SMILES string of the molecule is COc1cc(NC(=O)C2CCN(Cc3ccc(Cl)c(Cl)c3)CC2)c(OC)cc1Cl. The molecule has 1 fully saturated rings. The van der Waals surface area contributed by atoms with Crippen molar-refractivity contribution in [3.05, 3.63) is 51.0 Å². The molecule has 0 atom stereocenters. The first-order valence-electron chi connectivity index (χ1n) is 9.30. The molecule has 5 nitrogen and oxygen atoms in total. The van der Waals surface area contributed by atoms with Gasteiger partial charge in [0.1, 0.15) is 11.5 Å². The van der Waals surface area contributed by atoms with E-state index in [1.165, 1.54) is 14.2 Å². The molecule has 0 unspecified atom stereocenters. The van der Waals surface area contributed by atoms with Crippen LogP contribution in [0.2, 0.25) is 15.1 Å². The third-order valence-electron chi connectivity index (χ3n) is 5.08. The second-order valence-electron chi connectivity index (χ2n) is 6.98. The minimum absolute atomic E-state index is 0.0261. The van der Waals surface area contributed by atoms with Crippen molar-refractivity contribution >= 4 is 46.4 Å². The molecule has 0 aliphatic carbocycles. The second-order valence-corrected chi connectivity index (χ2v) is 8.20. The van der Waals surface area contributed by atoms with Crippen molar-refractivity contribution in [1.29, 1.82) is 0 Å². The Morgan fingerprint density at radius 3 is 2.31 bits per heavy atom. The van der Waals surface area contributed by atoms with Gasteiger partial charge in [-0.25, -0.2) is 0 Å². The van der Waals surface area contributed by atoms with Crippen molar-refractivity contribution in [2.24, 2.45) is 5.92 Å². The molecular weight excluding hydrogens is 435 g/mol. The lowest BCUT2D eigenvalue weighted by Crippen LogP contribution is -2.37. The van der Waals surface area contributed by atoms with Gasteiger partial charge in [-0.05, 0) is 43.6 Å². The molecular formula is C21H23Cl3N2O3. The molecule has 2 aromatic carbocycles. The minimum atomic E-state index is -0.0635. The molecule has 1 amide bonds. The van der Waals surface area contributed by atoms with Gasteiger partial charge in [0.15, 0.2) is 0 Å². The summed E-state index contributed by atoms with van der Waals surface area (Å²) in [6.07, 6.45) is 1.56. The molecule has 8 heteroatoms. The summed E-state index contributed by atoms with van der Waals surface area (Å²) in [7, 11) is 3.07. The van der Waals surface area contributed by atoms with Crippen molar-refractivity contribution in [1.82, 2.24) is 4.90 Å². The Bertz CT molecular complexity index is 884. The number of rotatable bonds is 6. The summed E-state index contributed by atoms with van der Waals surface area (Å²) >= 11 is 18.2. The van der Waals surface area contributed by atoms with Crippen LogP contribution in [0.25, 0.3) is 0 Å². The summed E-state index contributed by atoms with van der Waals surface area (Å²) in [6.45, 7) is 2.45. The van der Waals surface area contributed by atoms with Gasteiger partial charge in [0.05, 0.1) is 35.0 Å². The molecule has 0 radical (unpaired) electrons. The quantitative estimate of drug-likeness (QED) is 0.621. The topological polar surface area (TPSA) is 50.8 Å². The van der Waals surface area contributed by atoms with Crippen LogP contribution in [0.4, 0.5) is 5.69 Å². The van der Waals surface area contributed by atoms with Gasteiger partial charge in [-0.2, -0.15) is 0 Å². The number of halogens is 3. The van der Waals surface area contributed by atoms with E-state index in [-0.39, 0.29) is 11.8 Å². The van der Waals surface area contributed by atoms with Gasteiger partial charge >= 0.3 is 0 Å². The van der Waals surface area contributed by atoms with E-state index >= 15 is 0 Å². The van der Waals surface area contributed by atoms with Crippen molar-refractivity contribution in [2.45, 2.75) is 19.4 Å². The maximum atomic E-state index is 12.8. The van der Waals surface area contributed by atoms with E-state index in [1.54, 1.807) is 12.1 Å². The number of methoxy groups -OCH3 is 2. The molecule has 0 aromatic heterocycles. The molecule has 2 aromatic rings. The Hall–Kier alpha value is -1.66. The van der Waals surface area contributed by atoms with Crippen molar-refractivity contribution in [3.8, 4) is 11.5 Å². The molecule has 1 N–H and O–H groups in total. The standard InChI is InChI=1S/C21H23Cl3N2O3/c1-28-19-11-18(20(29-2)10-17(19)24)25-21(27)14-5-7-26(8-6-14)12-13-3-4-15(22)16(23)9-13/h3-4,9-11,14H,5-8,12H2,1-2H3,(H,25,27). The first kappa shape index (κ1) is 22.0. The molecule has 29 heavy (non-hydrogen) atoms. The molecule has 0 spiro atoms. The number of likely N-dealkylation sites (tertiary alicyclic amines) is 1. The first-order chi connectivity index (χ1) is 13.9. The average Bonchev–Trinajstić information content (AvgIpc) is 2.72. The molecule has 1 aliphatic heterocycles. The summed E-state index contributed by atoms with van der Waals surface area (Å²) in [5, 5.41) is 4.50. The largest absolute Gasteiger partial charge is 0.495 e. The lowest BCUT2D eigenvalue weighted by Gasteiger charge is -2.31. The number of carbonyl (C=O) groups excluding carboxylic acids is 1. The number of piperidine rings is 1. The van der Waals surface area contributed by atoms with Crippen LogP contribution < -0.4 is 14.8 Å². The fraction of sp³-hybridized carbons (Fsp3) is 0.381. The molecule has 1 heterocycles. The summed E-state index contributed by atoms with van der Waals surface area (Å²) < 4.78 is 10.6. The zero-order valence-corrected chi connectivity index (χ0v) is 18.6. The molecule has 0 saturated carbocycles. The minimum Gasteiger partial charge on any atom is -0.495 e. The van der Waals surface area contributed by atoms with Crippen molar-refractivity contribution < 1.29 is 14.3 Å². The van der Waals surface area contributed by atoms with E-state index in [1.807, 2.05) is 18.2 Å². The highest BCUT2D eigenvalue weighted by Gasteiger charge is 2.26. The van der Waals surface area contributed by atoms with E-state index in [4.69, 9.17) is 44.3 Å². The fourth-order valence-electron chi connectivity index (χ4n) is 3.44. The summed E-state index contributed by atoms with van der Waals surface area (Å²) in [5.41, 5.74) is 1.66. The van der Waals surface area contributed by atoms with Crippen LogP contribution in [0.1, 0.15) is 18.4 Å². The van der Waals surface area contributed by atoms with Gasteiger partial charge in [-0.1, -0.05) is 40.9 Å². The third kappa shape index (κ3) is 5.48. The molecule has 0 bridgehead atoms. The summed E-state index contributed by atoms with van der Waals surface area (Å²) in [6, 6.07) is 9.00. The molecule has 3 rings (SSSR count). The zero-order valence-electron chi connectivity index (χ0n) is 16.3. The van der Waals surface area contributed by atoms with Crippen LogP contribution in [-0.2, 0) is 11.3 Å². The Morgan fingerprint density at radius 2 is 1.69 bits per heavy atom. The van der Waals surface area contributed by atoms with E-state index < -0.39 is 0 Å². The highest BCUT2D eigenvalue weighted by Crippen LogP contribution is 2.36. The van der Waals surface area contributed by atoms with E-state index in [0.717, 1.165) is 38.0 Å². The maximum Gasteiger partial charge on any atom is 0.227 e. The fourth-order valence-corrected chi connectivity index (χ4v) is 3.99. The van der Waals surface area contributed by atoms with E-state index in [2.05, 4.69) is 10.2 Å². The van der Waals surface area contributed by atoms with E-state index in [9.17, 15) is 4.79 Å². The molecule has 1 aliphatic rings. The number of ether oxygens (including phenoxy) is 2. The molecule has 156 valence electrons. The number of amides is 1. The Labute approximate surface area is 185 Å². The van der Waals surface area contributed by atoms with Crippen molar-refractivity contribution in [3.63, 3.8) is 0 Å². The van der Waals surface area contributed by atoms with Gasteiger partial charge in [0, 0.05) is 24.6 Å². The number of carbonyl (C=O) groups is 1. The monoisotopic (exact) mass is 456 g/mol. The summed E-state index contributed by atoms with van der Waals surface area (Å²) in [4.78, 5) is 15.1. The Morgan fingerprint density at radius 1 is 1.00 bits per heavy atom. The molecule has 1 saturated heterocycles. The summed E-state index contributed by atoms with van der Waals surface area (Å²) in [5.74, 6) is 0.897. The number of hydrogen-bond acceptors (Lipinski definition) is 4. The van der Waals surface area contributed by atoms with Crippen LogP contribution in [0.15, 0.2) is 30.3 Å². The van der Waals surface area contributed by atoms with Gasteiger partial charge in [0.2, 0.25) is 5.91 Å². The number of nitrogens with one attached hydrogen (secondary N) is 1. The predicted octanol–water partition coefficient (Wildman–Crippen LogP) is 5.51. The number of benzene rings is 2. The van der Waals surface area contributed by atoms with Gasteiger partial charge in [-0.3, -0.25) is 9.69 Å². The number of hydrogen-bond donors (Lipinski definition) is 1. The van der Waals surface area contributed by atoms with Crippen molar-refractivity contribution in [2.75, 3.05) is 32.6 Å². The highest BCUT2D eigenvalue weighted by molar-refractivity contribution is 6.42. The third-order valence-corrected chi connectivity index (χ3v) is 6.11. The van der Waals surface area contributed by atoms with Crippen LogP contribution in [0, 0.1) is 5.92 Å². The van der Waals surface area contributed by atoms with Crippen LogP contribution in [-0.4, -0.2) is 38.1 Å². The highest BCUT2D eigenvalue weighted by atomic mass is 35.5. The van der Waals surface area contributed by atoms with Crippen LogP contribution >= 0.6 is 34.8 Å². The zero-order chi connectivity index (χ0) is 21.0. The van der Waals surface area contributed by atoms with E-state index in [0.29, 0.717) is 32.3 Å². The second kappa shape index (κ2) is 9.90. The van der Waals surface area contributed by atoms with Crippen LogP contribution in [0.3, 0.4) is 0 Å². The number of anilines is 1. The number of nitrogens with zero attached hydrogens (tertiary/aromatic N) is 1. The maximum absolute atomic E-state index is 12.8. The normalized spacial score (nSPS) is 15.2. The lowest BCUT2D eigenvalue weighted by molar-refractivity contribution is -0.121. The Kier molecular flexibility index (Phi) is 7.52. The lowest BCUT2D eigenvalue weighted by atomic mass is 9.95. The van der Waals surface area contributed by atoms with Gasteiger partial charge < -0.3 is 14.8 Å². The smallest absolute Gasteiger partial charge is 0.227 e.